The van der Waals surface area contributed by atoms with Crippen molar-refractivity contribution in [3.8, 4) is 0 Å². The van der Waals surface area contributed by atoms with Gasteiger partial charge in [-0.05, 0) is 32.9 Å². The second-order valence-corrected chi connectivity index (χ2v) is 7.79. The minimum atomic E-state index is -0.681. The zero-order chi connectivity index (χ0) is 20.9. The molecule has 2 N–H and O–H groups in total. The molecule has 4 heterocycles. The van der Waals surface area contributed by atoms with Crippen LogP contribution in [0.3, 0.4) is 0 Å². The van der Waals surface area contributed by atoms with E-state index < -0.39 is 18.0 Å². The topological polar surface area (TPSA) is 112 Å². The molecule has 2 fully saturated rings. The van der Waals surface area contributed by atoms with Crippen LogP contribution in [-0.2, 0) is 14.2 Å². The van der Waals surface area contributed by atoms with Crippen molar-refractivity contribution in [1.29, 1.82) is 0 Å². The van der Waals surface area contributed by atoms with Gasteiger partial charge in [-0.1, -0.05) is 18.2 Å². The van der Waals surface area contributed by atoms with E-state index in [4.69, 9.17) is 14.2 Å². The molecule has 0 spiro atoms. The second-order valence-electron chi connectivity index (χ2n) is 7.79. The average molecular weight is 410 g/mol. The van der Waals surface area contributed by atoms with E-state index in [0.717, 1.165) is 0 Å². The molecule has 2 saturated heterocycles. The largest absolute Gasteiger partial charge is 0.349 e. The molecule has 156 valence electrons. The standard InChI is InChI=1S/C20H22N6O4/c1-11-14-15(30-20(2,3)29-14)18(28-11)26-10-23-13-16(21-9-22-17(13)26)25-19(27)24-12-7-5-4-6-8-12/h4-11,14-15,18H,1-3H3,(H2,21,22,24,25,27)/t11-,14-,15-,18-/m1/s1. The number of nitrogens with one attached hydrogen (secondary N) is 2. The van der Waals surface area contributed by atoms with Crippen LogP contribution in [0.2, 0.25) is 0 Å². The molecule has 0 aliphatic carbocycles. The number of hydrogen-bond donors (Lipinski definition) is 2. The van der Waals surface area contributed by atoms with Crippen LogP contribution in [0.15, 0.2) is 43.0 Å². The van der Waals surface area contributed by atoms with Gasteiger partial charge in [0.25, 0.3) is 0 Å². The van der Waals surface area contributed by atoms with Crippen LogP contribution in [0, 0.1) is 0 Å². The van der Waals surface area contributed by atoms with Gasteiger partial charge in [-0.3, -0.25) is 9.88 Å². The number of carbonyl (C=O) groups excluding carboxylic acids is 1. The van der Waals surface area contributed by atoms with Gasteiger partial charge in [-0.25, -0.2) is 19.7 Å². The molecule has 0 bridgehead atoms. The van der Waals surface area contributed by atoms with Gasteiger partial charge in [-0.2, -0.15) is 0 Å². The number of amides is 2. The minimum absolute atomic E-state index is 0.143. The number of anilines is 2. The highest BCUT2D eigenvalue weighted by Crippen LogP contribution is 2.43. The Bertz CT molecular complexity index is 1090. The maximum absolute atomic E-state index is 12.4. The summed E-state index contributed by atoms with van der Waals surface area (Å²) < 4.78 is 19.9. The first-order chi connectivity index (χ1) is 14.4. The van der Waals surface area contributed by atoms with Crippen molar-refractivity contribution in [3.63, 3.8) is 0 Å². The lowest BCUT2D eigenvalue weighted by Crippen LogP contribution is -2.27. The van der Waals surface area contributed by atoms with Crippen LogP contribution >= 0.6 is 0 Å². The monoisotopic (exact) mass is 410 g/mol. The van der Waals surface area contributed by atoms with Crippen molar-refractivity contribution >= 4 is 28.7 Å². The minimum Gasteiger partial charge on any atom is -0.349 e. The Morgan fingerprint density at radius 2 is 1.83 bits per heavy atom. The molecule has 30 heavy (non-hydrogen) atoms. The molecule has 3 aromatic rings. The van der Waals surface area contributed by atoms with Gasteiger partial charge in [0, 0.05) is 5.69 Å². The van der Waals surface area contributed by atoms with Crippen molar-refractivity contribution in [3.05, 3.63) is 43.0 Å². The molecule has 4 atom stereocenters. The van der Waals surface area contributed by atoms with Gasteiger partial charge in [0.2, 0.25) is 0 Å². The van der Waals surface area contributed by atoms with Gasteiger partial charge in [0.05, 0.1) is 12.4 Å². The van der Waals surface area contributed by atoms with Crippen molar-refractivity contribution < 1.29 is 19.0 Å². The Labute approximate surface area is 172 Å². The number of urea groups is 1. The lowest BCUT2D eigenvalue weighted by molar-refractivity contribution is -0.194. The highest BCUT2D eigenvalue weighted by atomic mass is 16.8. The fraction of sp³-hybridized carbons (Fsp3) is 0.400. The molecule has 2 amide bonds. The smallest absolute Gasteiger partial charge is 0.324 e. The van der Waals surface area contributed by atoms with E-state index in [1.54, 1.807) is 23.0 Å². The average Bonchev–Trinajstić information content (AvgIpc) is 3.35. The molecule has 10 heteroatoms. The molecule has 10 nitrogen and oxygen atoms in total. The molecule has 2 aromatic heterocycles. The van der Waals surface area contributed by atoms with E-state index in [1.165, 1.54) is 6.33 Å². The van der Waals surface area contributed by atoms with Crippen molar-refractivity contribution in [1.82, 2.24) is 19.5 Å². The molecule has 0 radical (unpaired) electrons. The predicted molar refractivity (Wildman–Crippen MR) is 108 cm³/mol. The summed E-state index contributed by atoms with van der Waals surface area (Å²) >= 11 is 0. The van der Waals surface area contributed by atoms with Gasteiger partial charge in [0.15, 0.2) is 29.0 Å². The Morgan fingerprint density at radius 1 is 1.07 bits per heavy atom. The number of ether oxygens (including phenoxy) is 3. The SMILES string of the molecule is C[C@H]1O[C@@H](n2cnc3c(NC(=O)Nc4ccccc4)ncnc32)[C@@H]2OC(C)(C)O[C@@H]21. The maximum Gasteiger partial charge on any atom is 0.324 e. The van der Waals surface area contributed by atoms with Crippen molar-refractivity contribution in [2.24, 2.45) is 0 Å². The lowest BCUT2D eigenvalue weighted by atomic mass is 10.1. The molecule has 5 rings (SSSR count). The second kappa shape index (κ2) is 7.01. The van der Waals surface area contributed by atoms with Crippen molar-refractivity contribution in [2.45, 2.75) is 51.1 Å². The molecule has 2 aliphatic heterocycles. The van der Waals surface area contributed by atoms with Gasteiger partial charge < -0.3 is 19.5 Å². The highest BCUT2D eigenvalue weighted by Gasteiger charge is 2.54. The predicted octanol–water partition coefficient (Wildman–Crippen LogP) is 2.91. The third-order valence-electron chi connectivity index (χ3n) is 5.16. The number of carbonyl (C=O) groups is 1. The first-order valence-electron chi connectivity index (χ1n) is 9.73. The maximum atomic E-state index is 12.4. The van der Waals surface area contributed by atoms with E-state index in [1.807, 2.05) is 39.0 Å². The van der Waals surface area contributed by atoms with Crippen molar-refractivity contribution in [2.75, 3.05) is 10.6 Å². The Morgan fingerprint density at radius 3 is 2.63 bits per heavy atom. The van der Waals surface area contributed by atoms with E-state index >= 15 is 0 Å². The number of para-hydroxylation sites is 1. The quantitative estimate of drug-likeness (QED) is 0.683. The van der Waals surface area contributed by atoms with E-state index in [2.05, 4.69) is 25.6 Å². The van der Waals surface area contributed by atoms with E-state index in [-0.39, 0.29) is 18.3 Å². The van der Waals surface area contributed by atoms with E-state index in [9.17, 15) is 4.79 Å². The fourth-order valence-electron chi connectivity index (χ4n) is 3.92. The first kappa shape index (κ1) is 18.9. The number of aromatic nitrogens is 4. The van der Waals surface area contributed by atoms with Crippen LogP contribution in [0.25, 0.3) is 11.2 Å². The van der Waals surface area contributed by atoms with Gasteiger partial charge in [-0.15, -0.1) is 0 Å². The zero-order valence-corrected chi connectivity index (χ0v) is 16.8. The zero-order valence-electron chi connectivity index (χ0n) is 16.8. The summed E-state index contributed by atoms with van der Waals surface area (Å²) in [5.41, 5.74) is 1.66. The molecule has 2 aliphatic rings. The molecular weight excluding hydrogens is 388 g/mol. The number of benzene rings is 1. The Hall–Kier alpha value is -3.08. The van der Waals surface area contributed by atoms with Crippen LogP contribution in [0.4, 0.5) is 16.3 Å². The van der Waals surface area contributed by atoms with Crippen LogP contribution in [0.1, 0.15) is 27.0 Å². The Kier molecular flexibility index (Phi) is 4.42. The number of hydrogen-bond acceptors (Lipinski definition) is 7. The lowest BCUT2D eigenvalue weighted by Gasteiger charge is -2.23. The third-order valence-corrected chi connectivity index (χ3v) is 5.16. The summed E-state index contributed by atoms with van der Waals surface area (Å²) in [5.74, 6) is -0.377. The highest BCUT2D eigenvalue weighted by molar-refractivity contribution is 6.02. The number of fused-ring (bicyclic) bond motifs is 2. The Balaban J connectivity index is 1.41. The number of nitrogens with zero attached hydrogens (tertiary/aromatic N) is 4. The summed E-state index contributed by atoms with van der Waals surface area (Å²) in [6, 6.07) is 8.73. The molecular formula is C20H22N6O4. The van der Waals surface area contributed by atoms with E-state index in [0.29, 0.717) is 22.7 Å². The summed E-state index contributed by atoms with van der Waals surface area (Å²) in [7, 11) is 0. The summed E-state index contributed by atoms with van der Waals surface area (Å²) in [6.45, 7) is 5.73. The normalized spacial score (nSPS) is 27.2. The van der Waals surface area contributed by atoms with Gasteiger partial charge in [0.1, 0.15) is 18.5 Å². The molecule has 1 aromatic carbocycles. The van der Waals surface area contributed by atoms with Crippen LogP contribution in [0.5, 0.6) is 0 Å². The number of rotatable bonds is 3. The third kappa shape index (κ3) is 3.28. The van der Waals surface area contributed by atoms with Gasteiger partial charge >= 0.3 is 6.03 Å². The molecule has 0 unspecified atom stereocenters. The molecule has 0 saturated carbocycles. The number of imidazole rings is 1. The first-order valence-corrected chi connectivity index (χ1v) is 9.73. The van der Waals surface area contributed by atoms with Crippen LogP contribution in [-0.4, -0.2) is 49.6 Å². The summed E-state index contributed by atoms with van der Waals surface area (Å²) in [5, 5.41) is 5.49. The van der Waals surface area contributed by atoms with Crippen LogP contribution < -0.4 is 10.6 Å². The summed E-state index contributed by atoms with van der Waals surface area (Å²) in [6.07, 6.45) is 1.94. The fourth-order valence-corrected chi connectivity index (χ4v) is 3.92. The summed E-state index contributed by atoms with van der Waals surface area (Å²) in [4.78, 5) is 25.3.